The van der Waals surface area contributed by atoms with Crippen LogP contribution in [0.3, 0.4) is 0 Å². The molecule has 1 aliphatic rings. The molecule has 0 spiro atoms. The lowest BCUT2D eigenvalue weighted by atomic mass is 9.98. The molecule has 3 rings (SSSR count). The Kier molecular flexibility index (Phi) is 3.25. The first-order valence-electron chi connectivity index (χ1n) is 6.60. The molecule has 0 bridgehead atoms. The molecule has 0 radical (unpaired) electrons. The van der Waals surface area contributed by atoms with Crippen molar-refractivity contribution in [1.29, 1.82) is 5.26 Å². The zero-order valence-electron chi connectivity index (χ0n) is 11.2. The van der Waals surface area contributed by atoms with E-state index in [1.165, 1.54) is 4.90 Å². The van der Waals surface area contributed by atoms with E-state index in [1.807, 2.05) is 12.1 Å². The summed E-state index contributed by atoms with van der Waals surface area (Å²) in [7, 11) is 0. The number of carbonyl (C=O) groups excluding carboxylic acids is 2. The molecule has 2 aromatic rings. The first-order valence-corrected chi connectivity index (χ1v) is 6.60. The standard InChI is InChI=1S/C17H12N2O2/c18-10-12-4-3-5-13(8-12)11-19-16(20)9-14-6-1-2-7-15(14)17(19)21/h1-8H,9,11H2. The summed E-state index contributed by atoms with van der Waals surface area (Å²) < 4.78 is 0. The Morgan fingerprint density at radius 2 is 1.90 bits per heavy atom. The molecule has 0 fully saturated rings. The summed E-state index contributed by atoms with van der Waals surface area (Å²) in [5.41, 5.74) is 2.64. The van der Waals surface area contributed by atoms with Crippen molar-refractivity contribution in [3.05, 3.63) is 70.8 Å². The Hall–Kier alpha value is -2.93. The van der Waals surface area contributed by atoms with E-state index >= 15 is 0 Å². The van der Waals surface area contributed by atoms with Gasteiger partial charge in [0.1, 0.15) is 0 Å². The van der Waals surface area contributed by atoms with Crippen LogP contribution in [0.25, 0.3) is 0 Å². The lowest BCUT2D eigenvalue weighted by molar-refractivity contribution is -0.128. The van der Waals surface area contributed by atoms with Crippen LogP contribution in [0.4, 0.5) is 0 Å². The average Bonchev–Trinajstić information content (AvgIpc) is 2.51. The van der Waals surface area contributed by atoms with Crippen LogP contribution in [0, 0.1) is 11.3 Å². The number of carbonyl (C=O) groups is 2. The highest BCUT2D eigenvalue weighted by molar-refractivity contribution is 6.09. The molecule has 102 valence electrons. The summed E-state index contributed by atoms with van der Waals surface area (Å²) in [5.74, 6) is -0.481. The van der Waals surface area contributed by atoms with E-state index in [4.69, 9.17) is 5.26 Å². The smallest absolute Gasteiger partial charge is 0.261 e. The molecule has 0 unspecified atom stereocenters. The maximum absolute atomic E-state index is 12.4. The van der Waals surface area contributed by atoms with Crippen molar-refractivity contribution in [2.24, 2.45) is 0 Å². The van der Waals surface area contributed by atoms with Gasteiger partial charge in [0, 0.05) is 5.56 Å². The molecule has 0 saturated heterocycles. The number of hydrogen-bond acceptors (Lipinski definition) is 3. The minimum atomic E-state index is -0.274. The number of nitrogens with zero attached hydrogens (tertiary/aromatic N) is 2. The maximum atomic E-state index is 12.4. The van der Waals surface area contributed by atoms with E-state index in [0.29, 0.717) is 11.1 Å². The summed E-state index contributed by atoms with van der Waals surface area (Å²) in [6.07, 6.45) is 0.236. The highest BCUT2D eigenvalue weighted by atomic mass is 16.2. The fourth-order valence-electron chi connectivity index (χ4n) is 2.48. The molecule has 4 heteroatoms. The molecule has 0 saturated carbocycles. The summed E-state index contributed by atoms with van der Waals surface area (Å²) in [5, 5.41) is 8.90. The van der Waals surface area contributed by atoms with Crippen molar-refractivity contribution in [1.82, 2.24) is 4.90 Å². The molecule has 21 heavy (non-hydrogen) atoms. The van der Waals surface area contributed by atoms with E-state index in [9.17, 15) is 9.59 Å². The van der Waals surface area contributed by atoms with Crippen LogP contribution >= 0.6 is 0 Å². The summed E-state index contributed by atoms with van der Waals surface area (Å²) in [6.45, 7) is 0.196. The molecule has 1 aliphatic heterocycles. The van der Waals surface area contributed by atoms with Crippen LogP contribution in [0.15, 0.2) is 48.5 Å². The van der Waals surface area contributed by atoms with Gasteiger partial charge in [0.05, 0.1) is 24.6 Å². The highest BCUT2D eigenvalue weighted by Crippen LogP contribution is 2.21. The third-order valence-electron chi connectivity index (χ3n) is 3.53. The first kappa shape index (κ1) is 13.1. The normalized spacial score (nSPS) is 13.8. The predicted molar refractivity (Wildman–Crippen MR) is 76.2 cm³/mol. The molecule has 0 atom stereocenters. The van der Waals surface area contributed by atoms with Crippen LogP contribution in [-0.4, -0.2) is 16.7 Å². The van der Waals surface area contributed by atoms with Gasteiger partial charge >= 0.3 is 0 Å². The Balaban J connectivity index is 1.91. The molecule has 2 amide bonds. The van der Waals surface area contributed by atoms with E-state index in [0.717, 1.165) is 11.1 Å². The number of benzene rings is 2. The van der Waals surface area contributed by atoms with E-state index in [1.54, 1.807) is 36.4 Å². The molecular weight excluding hydrogens is 264 g/mol. The monoisotopic (exact) mass is 276 g/mol. The SMILES string of the molecule is N#Cc1cccc(CN2C(=O)Cc3ccccc3C2=O)c1. The first-order chi connectivity index (χ1) is 10.2. The van der Waals surface area contributed by atoms with Gasteiger partial charge in [0.2, 0.25) is 5.91 Å². The summed E-state index contributed by atoms with van der Waals surface area (Å²) in [6, 6.07) is 16.2. The second-order valence-electron chi connectivity index (χ2n) is 4.93. The van der Waals surface area contributed by atoms with Gasteiger partial charge in [-0.2, -0.15) is 5.26 Å². The molecule has 0 N–H and O–H groups in total. The van der Waals surface area contributed by atoms with Gasteiger partial charge < -0.3 is 0 Å². The van der Waals surface area contributed by atoms with Gasteiger partial charge in [-0.25, -0.2) is 0 Å². The van der Waals surface area contributed by atoms with Crippen molar-refractivity contribution < 1.29 is 9.59 Å². The lowest BCUT2D eigenvalue weighted by Gasteiger charge is -2.26. The Labute approximate surface area is 122 Å². The van der Waals surface area contributed by atoms with Gasteiger partial charge in [-0.1, -0.05) is 30.3 Å². The molecule has 1 heterocycles. The second-order valence-corrected chi connectivity index (χ2v) is 4.93. The number of amides is 2. The largest absolute Gasteiger partial charge is 0.274 e. The van der Waals surface area contributed by atoms with E-state index < -0.39 is 0 Å². The van der Waals surface area contributed by atoms with E-state index in [2.05, 4.69) is 6.07 Å². The highest BCUT2D eigenvalue weighted by Gasteiger charge is 2.30. The van der Waals surface area contributed by atoms with Crippen LogP contribution in [-0.2, 0) is 17.8 Å². The van der Waals surface area contributed by atoms with Gasteiger partial charge in [-0.3, -0.25) is 14.5 Å². The van der Waals surface area contributed by atoms with Crippen molar-refractivity contribution >= 4 is 11.8 Å². The molecule has 0 aliphatic carbocycles. The van der Waals surface area contributed by atoms with Crippen LogP contribution in [0.5, 0.6) is 0 Å². The Bertz CT molecular complexity index is 774. The Morgan fingerprint density at radius 3 is 2.71 bits per heavy atom. The maximum Gasteiger partial charge on any atom is 0.261 e. The third kappa shape index (κ3) is 2.41. The molecular formula is C17H12N2O2. The van der Waals surface area contributed by atoms with Crippen molar-refractivity contribution in [2.45, 2.75) is 13.0 Å². The van der Waals surface area contributed by atoms with Crippen molar-refractivity contribution in [2.75, 3.05) is 0 Å². The number of nitriles is 1. The molecule has 4 nitrogen and oxygen atoms in total. The molecule has 0 aromatic heterocycles. The van der Waals surface area contributed by atoms with Crippen molar-refractivity contribution in [3.63, 3.8) is 0 Å². The summed E-state index contributed by atoms with van der Waals surface area (Å²) in [4.78, 5) is 25.8. The average molecular weight is 276 g/mol. The van der Waals surface area contributed by atoms with Crippen LogP contribution < -0.4 is 0 Å². The zero-order valence-corrected chi connectivity index (χ0v) is 11.2. The second kappa shape index (κ2) is 5.22. The predicted octanol–water partition coefficient (Wildman–Crippen LogP) is 2.28. The van der Waals surface area contributed by atoms with Gasteiger partial charge in [0.15, 0.2) is 0 Å². The van der Waals surface area contributed by atoms with Gasteiger partial charge in [-0.05, 0) is 29.3 Å². The van der Waals surface area contributed by atoms with Crippen LogP contribution in [0.1, 0.15) is 27.0 Å². The lowest BCUT2D eigenvalue weighted by Crippen LogP contribution is -2.41. The van der Waals surface area contributed by atoms with Gasteiger partial charge in [0.25, 0.3) is 5.91 Å². The minimum Gasteiger partial charge on any atom is -0.274 e. The fourth-order valence-corrected chi connectivity index (χ4v) is 2.48. The van der Waals surface area contributed by atoms with Crippen LogP contribution in [0.2, 0.25) is 0 Å². The number of imide groups is 1. The fraction of sp³-hybridized carbons (Fsp3) is 0.118. The van der Waals surface area contributed by atoms with Crippen molar-refractivity contribution in [3.8, 4) is 6.07 Å². The van der Waals surface area contributed by atoms with Gasteiger partial charge in [-0.15, -0.1) is 0 Å². The number of rotatable bonds is 2. The quantitative estimate of drug-likeness (QED) is 0.791. The minimum absolute atomic E-state index is 0.196. The topological polar surface area (TPSA) is 61.2 Å². The van der Waals surface area contributed by atoms with E-state index in [-0.39, 0.29) is 24.8 Å². The Morgan fingerprint density at radius 1 is 1.10 bits per heavy atom. The number of fused-ring (bicyclic) bond motifs is 1. The zero-order chi connectivity index (χ0) is 14.8. The molecule has 2 aromatic carbocycles. The third-order valence-corrected chi connectivity index (χ3v) is 3.53. The summed E-state index contributed by atoms with van der Waals surface area (Å²) >= 11 is 0. The number of hydrogen-bond donors (Lipinski definition) is 0.